The number of hydrogen-bond donors (Lipinski definition) is 1. The molecule has 3 aromatic rings. The van der Waals surface area contributed by atoms with Crippen LogP contribution in [0.5, 0.6) is 0 Å². The Morgan fingerprint density at radius 2 is 1.74 bits per heavy atom. The Hall–Kier alpha value is -3.20. The molecule has 1 heterocycles. The van der Waals surface area contributed by atoms with Crippen molar-refractivity contribution in [2.24, 2.45) is 5.73 Å². The molecule has 0 saturated heterocycles. The molecule has 0 saturated carbocycles. The normalized spacial score (nSPS) is 19.3. The number of nitrogens with zero attached hydrogens (tertiary/aromatic N) is 2. The summed E-state index contributed by atoms with van der Waals surface area (Å²) in [6.07, 6.45) is 3.43. The third kappa shape index (κ3) is 7.43. The van der Waals surface area contributed by atoms with Crippen LogP contribution in [0.3, 0.4) is 0 Å². The minimum atomic E-state index is -3.52. The zero-order valence-electron chi connectivity index (χ0n) is 22.4. The van der Waals surface area contributed by atoms with Crippen LogP contribution in [0, 0.1) is 0 Å². The Morgan fingerprint density at radius 1 is 1.00 bits per heavy atom. The van der Waals surface area contributed by atoms with E-state index >= 15 is 0 Å². The Bertz CT molecular complexity index is 1370. The lowest BCUT2D eigenvalue weighted by Gasteiger charge is -2.27. The van der Waals surface area contributed by atoms with E-state index in [0.29, 0.717) is 42.9 Å². The van der Waals surface area contributed by atoms with Crippen LogP contribution in [0.2, 0.25) is 0 Å². The lowest BCUT2D eigenvalue weighted by Crippen LogP contribution is -2.43. The zero-order valence-corrected chi connectivity index (χ0v) is 23.2. The molecule has 0 spiro atoms. The van der Waals surface area contributed by atoms with Crippen LogP contribution in [0.25, 0.3) is 0 Å². The first-order chi connectivity index (χ1) is 18.0. The van der Waals surface area contributed by atoms with Gasteiger partial charge in [-0.1, -0.05) is 54.6 Å². The summed E-state index contributed by atoms with van der Waals surface area (Å²) in [4.78, 5) is 15.7. The number of rotatable bonds is 4. The third-order valence-corrected chi connectivity index (χ3v) is 7.99. The van der Waals surface area contributed by atoms with Gasteiger partial charge < -0.3 is 15.4 Å². The van der Waals surface area contributed by atoms with Crippen molar-refractivity contribution in [2.45, 2.75) is 44.9 Å². The molecule has 4 rings (SSSR count). The number of amides is 1. The predicted molar refractivity (Wildman–Crippen MR) is 152 cm³/mol. The van der Waals surface area contributed by atoms with Gasteiger partial charge in [-0.3, -0.25) is 9.10 Å². The molecule has 0 aliphatic carbocycles. The summed E-state index contributed by atoms with van der Waals surface area (Å²) in [6.45, 7) is 3.50. The number of carbonyl (C=O) groups is 1. The first-order valence-electron chi connectivity index (χ1n) is 12.9. The maximum absolute atomic E-state index is 13.9. The molecule has 0 fully saturated rings. The van der Waals surface area contributed by atoms with Crippen molar-refractivity contribution in [2.75, 3.05) is 30.8 Å². The van der Waals surface area contributed by atoms with E-state index in [1.807, 2.05) is 42.2 Å². The van der Waals surface area contributed by atoms with Crippen LogP contribution in [0.1, 0.15) is 46.0 Å². The molecule has 0 radical (unpaired) electrons. The molecule has 1 atom stereocenters. The fourth-order valence-electron chi connectivity index (χ4n) is 4.78. The number of anilines is 1. The van der Waals surface area contributed by atoms with Gasteiger partial charge in [0.1, 0.15) is 0 Å². The molecule has 1 unspecified atom stereocenters. The topological polar surface area (TPSA) is 92.9 Å². The number of aryl methyl sites for hydroxylation is 1. The highest BCUT2D eigenvalue weighted by molar-refractivity contribution is 7.92. The highest BCUT2D eigenvalue weighted by atomic mass is 32.2. The van der Waals surface area contributed by atoms with Crippen molar-refractivity contribution in [1.82, 2.24) is 4.90 Å². The average Bonchev–Trinajstić information content (AvgIpc) is 2.86. The predicted octanol–water partition coefficient (Wildman–Crippen LogP) is 4.15. The molecular weight excluding hydrogens is 498 g/mol. The second-order valence-electron chi connectivity index (χ2n) is 10.6. The van der Waals surface area contributed by atoms with Gasteiger partial charge in [-0.2, -0.15) is 0 Å². The second-order valence-corrected chi connectivity index (χ2v) is 12.6. The number of ether oxygens (including phenoxy) is 1. The number of fused-ring (bicyclic) bond motifs is 4. The fraction of sp³-hybridized carbons (Fsp3) is 0.367. The second kappa shape index (κ2) is 11.7. The Kier molecular flexibility index (Phi) is 8.55. The van der Waals surface area contributed by atoms with E-state index in [1.54, 1.807) is 18.2 Å². The van der Waals surface area contributed by atoms with Gasteiger partial charge in [0.2, 0.25) is 10.0 Å². The van der Waals surface area contributed by atoms with E-state index in [2.05, 4.69) is 24.3 Å². The minimum Gasteiger partial charge on any atom is -0.375 e. The average molecular weight is 536 g/mol. The fourth-order valence-corrected chi connectivity index (χ4v) is 5.27. The molecule has 1 aliphatic rings. The number of carbonyl (C=O) groups excluding carboxylic acids is 1. The molecule has 3 aromatic carbocycles. The van der Waals surface area contributed by atoms with E-state index in [9.17, 15) is 13.2 Å². The number of sulfonamides is 1. The summed E-state index contributed by atoms with van der Waals surface area (Å²) in [7, 11) is -2.03. The summed E-state index contributed by atoms with van der Waals surface area (Å²) in [5.41, 5.74) is 11.0. The van der Waals surface area contributed by atoms with E-state index in [4.69, 9.17) is 10.5 Å². The van der Waals surface area contributed by atoms with Gasteiger partial charge in [-0.25, -0.2) is 8.42 Å². The van der Waals surface area contributed by atoms with Crippen molar-refractivity contribution in [3.63, 3.8) is 0 Å². The third-order valence-electron chi connectivity index (χ3n) is 6.78. The maximum atomic E-state index is 13.9. The van der Waals surface area contributed by atoms with Crippen molar-refractivity contribution >= 4 is 21.6 Å². The summed E-state index contributed by atoms with van der Waals surface area (Å²) in [5, 5.41) is 0. The van der Waals surface area contributed by atoms with Crippen molar-refractivity contribution in [1.29, 1.82) is 0 Å². The molecule has 4 bridgehead atoms. The van der Waals surface area contributed by atoms with Crippen LogP contribution in [0.4, 0.5) is 5.69 Å². The number of benzene rings is 3. The molecule has 8 heteroatoms. The highest BCUT2D eigenvalue weighted by Gasteiger charge is 2.23. The Balaban J connectivity index is 1.73. The largest absolute Gasteiger partial charge is 0.375 e. The molecule has 2 N–H and O–H groups in total. The minimum absolute atomic E-state index is 0.150. The molecule has 1 aliphatic heterocycles. The SMILES string of the molecule is CN(c1cc2cc(c1)C(=O)N(Cc1ccccc1)CCCc1cccc(c1)CC(C)(N)COC2)S(C)(=O)=O. The first kappa shape index (κ1) is 27.8. The summed E-state index contributed by atoms with van der Waals surface area (Å²) in [5.74, 6) is -0.150. The lowest BCUT2D eigenvalue weighted by molar-refractivity contribution is 0.0735. The van der Waals surface area contributed by atoms with Crippen LogP contribution in [-0.4, -0.2) is 51.2 Å². The maximum Gasteiger partial charge on any atom is 0.254 e. The van der Waals surface area contributed by atoms with Crippen LogP contribution in [-0.2, 0) is 40.8 Å². The zero-order chi connectivity index (χ0) is 27.3. The highest BCUT2D eigenvalue weighted by Crippen LogP contribution is 2.24. The summed E-state index contributed by atoms with van der Waals surface area (Å²) >= 11 is 0. The van der Waals surface area contributed by atoms with Gasteiger partial charge in [-0.05, 0) is 66.6 Å². The van der Waals surface area contributed by atoms with E-state index in [1.165, 1.54) is 16.9 Å². The lowest BCUT2D eigenvalue weighted by atomic mass is 9.93. The van der Waals surface area contributed by atoms with Gasteiger partial charge in [0.15, 0.2) is 0 Å². The van der Waals surface area contributed by atoms with Gasteiger partial charge in [0.05, 0.1) is 25.2 Å². The summed E-state index contributed by atoms with van der Waals surface area (Å²) in [6, 6.07) is 23.5. The first-order valence-corrected chi connectivity index (χ1v) is 14.7. The van der Waals surface area contributed by atoms with Gasteiger partial charge in [0.25, 0.3) is 5.91 Å². The summed E-state index contributed by atoms with van der Waals surface area (Å²) < 4.78 is 31.9. The molecule has 1 amide bonds. The van der Waals surface area contributed by atoms with Gasteiger partial charge >= 0.3 is 0 Å². The Morgan fingerprint density at radius 3 is 2.47 bits per heavy atom. The van der Waals surface area contributed by atoms with Gasteiger partial charge in [0, 0.05) is 31.2 Å². The van der Waals surface area contributed by atoms with Crippen molar-refractivity contribution < 1.29 is 17.9 Å². The Labute approximate surface area is 226 Å². The molecule has 0 aromatic heterocycles. The quantitative estimate of drug-likeness (QED) is 0.542. The number of nitrogens with two attached hydrogens (primary N) is 1. The van der Waals surface area contributed by atoms with Crippen LogP contribution < -0.4 is 10.0 Å². The standard InChI is InChI=1S/C30H37N3O4S/c1-30(31)19-25-12-7-11-23(15-25)13-8-14-33(20-24-9-5-4-6-10-24)29(34)27-16-26(21-37-22-30)17-28(18-27)32(2)38(3,35)36/h4-7,9-12,15-18H,8,13-14,19-22,31H2,1-3H3. The smallest absolute Gasteiger partial charge is 0.254 e. The molecular formula is C30H37N3O4S. The van der Waals surface area contributed by atoms with E-state index < -0.39 is 15.6 Å². The van der Waals surface area contributed by atoms with E-state index in [0.717, 1.165) is 30.2 Å². The van der Waals surface area contributed by atoms with Gasteiger partial charge in [-0.15, -0.1) is 0 Å². The van der Waals surface area contributed by atoms with Crippen LogP contribution >= 0.6 is 0 Å². The van der Waals surface area contributed by atoms with Crippen molar-refractivity contribution in [3.05, 3.63) is 101 Å². The van der Waals surface area contributed by atoms with E-state index in [-0.39, 0.29) is 12.5 Å². The van der Waals surface area contributed by atoms with Crippen LogP contribution in [0.15, 0.2) is 72.8 Å². The molecule has 202 valence electrons. The molecule has 7 nitrogen and oxygen atoms in total. The monoisotopic (exact) mass is 535 g/mol. The number of hydrogen-bond acceptors (Lipinski definition) is 5. The van der Waals surface area contributed by atoms with Crippen molar-refractivity contribution in [3.8, 4) is 0 Å². The molecule has 38 heavy (non-hydrogen) atoms.